The molecule has 76 heavy (non-hydrogen) atoms. The van der Waals surface area contributed by atoms with Crippen LogP contribution in [0.4, 0.5) is 0 Å². The normalized spacial score (nSPS) is 12.2. The van der Waals surface area contributed by atoms with E-state index >= 15 is 0 Å². The number of unbranched alkanes of at least 4 members (excludes halogenated alkanes) is 46. The molecule has 1 unspecified atom stereocenters. The summed E-state index contributed by atoms with van der Waals surface area (Å²) in [5.74, 6) is -0.860. The highest BCUT2D eigenvalue weighted by Crippen LogP contribution is 2.18. The molecule has 0 rings (SSSR count). The summed E-state index contributed by atoms with van der Waals surface area (Å²) in [6.45, 7) is 6.66. The summed E-state index contributed by atoms with van der Waals surface area (Å²) in [5.41, 5.74) is 0. The summed E-state index contributed by atoms with van der Waals surface area (Å²) in [6, 6.07) is 0. The average Bonchev–Trinajstić information content (AvgIpc) is 3.42. The smallest absolute Gasteiger partial charge is 0.306 e. The Labute approximate surface area is 474 Å². The Morgan fingerprint density at radius 3 is 0.776 bits per heavy atom. The Kier molecular flexibility index (Phi) is 63.1. The quantitative estimate of drug-likeness (QED) is 0.0261. The Morgan fingerprint density at radius 1 is 0.263 bits per heavy atom. The second kappa shape index (κ2) is 65.2. The molecule has 0 aliphatic carbocycles. The van der Waals surface area contributed by atoms with E-state index < -0.39 is 6.10 Å². The molecule has 0 radical (unpaired) electrons. The molecule has 0 bridgehead atoms. The number of carbonyl (C=O) groups is 3. The third-order valence-electron chi connectivity index (χ3n) is 15.4. The minimum Gasteiger partial charge on any atom is -0.462 e. The van der Waals surface area contributed by atoms with Gasteiger partial charge >= 0.3 is 17.9 Å². The predicted octanol–water partition coefficient (Wildman–Crippen LogP) is 23.2. The van der Waals surface area contributed by atoms with E-state index in [1.165, 1.54) is 257 Å². The fraction of sp³-hybridized carbons (Fsp3) is 0.871. The number of hydrogen-bond donors (Lipinski definition) is 0. The molecule has 1 atom stereocenters. The first-order valence-electron chi connectivity index (χ1n) is 34.0. The van der Waals surface area contributed by atoms with E-state index in [1.54, 1.807) is 0 Å². The van der Waals surface area contributed by atoms with Crippen molar-refractivity contribution < 1.29 is 28.6 Å². The fourth-order valence-electron chi connectivity index (χ4n) is 10.2. The van der Waals surface area contributed by atoms with Crippen molar-refractivity contribution >= 4 is 17.9 Å². The molecule has 0 aliphatic rings. The summed E-state index contributed by atoms with van der Waals surface area (Å²) in [6.07, 6.45) is 80.2. The molecule has 0 N–H and O–H groups in total. The maximum absolute atomic E-state index is 12.9. The summed E-state index contributed by atoms with van der Waals surface area (Å²) in [4.78, 5) is 38.4. The molecule has 0 saturated heterocycles. The van der Waals surface area contributed by atoms with Crippen LogP contribution in [-0.4, -0.2) is 37.2 Å². The number of hydrogen-bond acceptors (Lipinski definition) is 6. The second-order valence-electron chi connectivity index (χ2n) is 23.1. The van der Waals surface area contributed by atoms with Crippen LogP contribution in [-0.2, 0) is 28.6 Å². The monoisotopic (exact) mass is 1070 g/mol. The summed E-state index contributed by atoms with van der Waals surface area (Å²) >= 11 is 0. The number of esters is 3. The van der Waals surface area contributed by atoms with Crippen LogP contribution in [0.5, 0.6) is 0 Å². The lowest BCUT2D eigenvalue weighted by Gasteiger charge is -2.18. The van der Waals surface area contributed by atoms with E-state index in [2.05, 4.69) is 57.2 Å². The maximum Gasteiger partial charge on any atom is 0.306 e. The van der Waals surface area contributed by atoms with E-state index in [0.29, 0.717) is 19.3 Å². The molecule has 446 valence electrons. The van der Waals surface area contributed by atoms with Gasteiger partial charge in [-0.2, -0.15) is 0 Å². The highest BCUT2D eigenvalue weighted by molar-refractivity contribution is 5.71. The van der Waals surface area contributed by atoms with Gasteiger partial charge in [-0.05, 0) is 70.6 Å². The van der Waals surface area contributed by atoms with Crippen molar-refractivity contribution in [3.05, 3.63) is 36.5 Å². The zero-order valence-corrected chi connectivity index (χ0v) is 51.3. The largest absolute Gasteiger partial charge is 0.462 e. The number of rotatable bonds is 63. The molecule has 0 spiro atoms. The van der Waals surface area contributed by atoms with Crippen LogP contribution in [0.1, 0.15) is 374 Å². The maximum atomic E-state index is 12.9. The van der Waals surface area contributed by atoms with E-state index in [9.17, 15) is 14.4 Å². The van der Waals surface area contributed by atoms with Gasteiger partial charge in [0.05, 0.1) is 0 Å². The first-order valence-corrected chi connectivity index (χ1v) is 34.0. The van der Waals surface area contributed by atoms with Gasteiger partial charge in [-0.1, -0.05) is 320 Å². The van der Waals surface area contributed by atoms with Gasteiger partial charge in [0.15, 0.2) is 6.10 Å². The number of ether oxygens (including phenoxy) is 3. The molecule has 0 fully saturated rings. The Bertz CT molecular complexity index is 1270. The van der Waals surface area contributed by atoms with Crippen LogP contribution >= 0.6 is 0 Å². The van der Waals surface area contributed by atoms with Crippen LogP contribution < -0.4 is 0 Å². The van der Waals surface area contributed by atoms with Crippen LogP contribution in [0, 0.1) is 0 Å². The van der Waals surface area contributed by atoms with E-state index in [4.69, 9.17) is 14.2 Å². The second-order valence-corrected chi connectivity index (χ2v) is 23.1. The van der Waals surface area contributed by atoms with E-state index in [0.717, 1.165) is 77.0 Å². The van der Waals surface area contributed by atoms with Crippen molar-refractivity contribution in [2.24, 2.45) is 0 Å². The van der Waals surface area contributed by atoms with Crippen molar-refractivity contribution in [3.63, 3.8) is 0 Å². The molecule has 0 aromatic heterocycles. The zero-order valence-electron chi connectivity index (χ0n) is 51.3. The molecule has 6 nitrogen and oxygen atoms in total. The fourth-order valence-corrected chi connectivity index (χ4v) is 10.2. The van der Waals surface area contributed by atoms with Crippen molar-refractivity contribution in [1.29, 1.82) is 0 Å². The third-order valence-corrected chi connectivity index (χ3v) is 15.4. The van der Waals surface area contributed by atoms with Gasteiger partial charge in [0.2, 0.25) is 0 Å². The lowest BCUT2D eigenvalue weighted by molar-refractivity contribution is -0.167. The molecule has 0 aromatic carbocycles. The standard InChI is InChI=1S/C70H130O6/c1-4-7-10-13-16-19-22-25-28-30-32-33-34-35-36-37-39-40-42-45-48-51-54-57-60-63-69(72)75-66-67(65-74-68(71)62-59-56-53-50-47-44-27-24-21-18-15-12-9-6-3)76-70(73)64-61-58-55-52-49-46-43-41-38-31-29-26-23-20-17-14-11-8-5-2/h15,18,24,27,30,32,67H,4-14,16-17,19-23,25-26,28-29,31,33-66H2,1-3H3/b18-15-,27-24-,32-30-. The molecule has 6 heteroatoms. The van der Waals surface area contributed by atoms with Crippen LogP contribution in [0.15, 0.2) is 36.5 Å². The average molecular weight is 1070 g/mol. The van der Waals surface area contributed by atoms with E-state index in [-0.39, 0.29) is 31.1 Å². The van der Waals surface area contributed by atoms with Gasteiger partial charge in [0.1, 0.15) is 13.2 Å². The topological polar surface area (TPSA) is 78.9 Å². The van der Waals surface area contributed by atoms with Crippen LogP contribution in [0.2, 0.25) is 0 Å². The van der Waals surface area contributed by atoms with Crippen molar-refractivity contribution in [2.45, 2.75) is 380 Å². The van der Waals surface area contributed by atoms with Gasteiger partial charge in [-0.15, -0.1) is 0 Å². The van der Waals surface area contributed by atoms with E-state index in [1.807, 2.05) is 0 Å². The molecule has 0 saturated carbocycles. The van der Waals surface area contributed by atoms with Gasteiger partial charge < -0.3 is 14.2 Å². The summed E-state index contributed by atoms with van der Waals surface area (Å²) < 4.78 is 17.0. The molecular weight excluding hydrogens is 937 g/mol. The highest BCUT2D eigenvalue weighted by atomic mass is 16.6. The number of carbonyl (C=O) groups excluding carboxylic acids is 3. The first kappa shape index (κ1) is 73.6. The van der Waals surface area contributed by atoms with Crippen molar-refractivity contribution in [2.75, 3.05) is 13.2 Å². The Morgan fingerprint density at radius 2 is 0.487 bits per heavy atom. The summed E-state index contributed by atoms with van der Waals surface area (Å²) in [5, 5.41) is 0. The predicted molar refractivity (Wildman–Crippen MR) is 330 cm³/mol. The third kappa shape index (κ3) is 62.5. The lowest BCUT2D eigenvalue weighted by atomic mass is 10.0. The first-order chi connectivity index (χ1) is 37.5. The van der Waals surface area contributed by atoms with Crippen LogP contribution in [0.3, 0.4) is 0 Å². The van der Waals surface area contributed by atoms with Gasteiger partial charge in [-0.3, -0.25) is 14.4 Å². The molecule has 0 heterocycles. The lowest BCUT2D eigenvalue weighted by Crippen LogP contribution is -2.30. The molecule has 0 aliphatic heterocycles. The minimum absolute atomic E-state index is 0.0720. The van der Waals surface area contributed by atoms with Crippen LogP contribution in [0.25, 0.3) is 0 Å². The summed E-state index contributed by atoms with van der Waals surface area (Å²) in [7, 11) is 0. The van der Waals surface area contributed by atoms with Crippen molar-refractivity contribution in [1.82, 2.24) is 0 Å². The van der Waals surface area contributed by atoms with Gasteiger partial charge in [-0.25, -0.2) is 0 Å². The Hall–Kier alpha value is -2.37. The molecule has 0 aromatic rings. The van der Waals surface area contributed by atoms with Gasteiger partial charge in [0, 0.05) is 19.3 Å². The number of allylic oxidation sites excluding steroid dienone is 6. The SMILES string of the molecule is CCCC/C=C\C/C=C\CCCCCCCC(=O)OCC(COC(=O)CCCCCCCCCCCCCCC/C=C\CCCCCCCCCC)OC(=O)CCCCCCCCCCCCCCCCCCCCC. The van der Waals surface area contributed by atoms with Crippen molar-refractivity contribution in [3.8, 4) is 0 Å². The highest BCUT2D eigenvalue weighted by Gasteiger charge is 2.19. The van der Waals surface area contributed by atoms with Gasteiger partial charge in [0.25, 0.3) is 0 Å². The molecule has 0 amide bonds. The zero-order chi connectivity index (χ0) is 55.0. The Balaban J connectivity index is 4.25. The minimum atomic E-state index is -0.776. The molecular formula is C70H130O6.